The minimum absolute atomic E-state index is 0.237. The molecule has 19 nitrogen and oxygen atoms in total. The first kappa shape index (κ1) is 102. The van der Waals surface area contributed by atoms with Gasteiger partial charge in [0.1, 0.15) is 73.2 Å². The molecule has 12 N–H and O–H groups in total. The second kappa shape index (κ2) is 71.3. The molecule has 111 heavy (non-hydrogen) atoms. The Morgan fingerprint density at radius 1 is 0.333 bits per heavy atom. The van der Waals surface area contributed by atoms with Crippen LogP contribution in [-0.4, -0.2) is 193 Å². The van der Waals surface area contributed by atoms with Crippen molar-refractivity contribution in [3.05, 3.63) is 72.9 Å². The Kier molecular flexibility index (Phi) is 65.8. The van der Waals surface area contributed by atoms with E-state index in [1.807, 2.05) is 0 Å². The first-order chi connectivity index (χ1) is 54.3. The third-order valence-corrected chi connectivity index (χ3v) is 22.5. The summed E-state index contributed by atoms with van der Waals surface area (Å²) < 4.78 is 34.6. The van der Waals surface area contributed by atoms with Gasteiger partial charge in [-0.3, -0.25) is 4.79 Å². The number of aliphatic hydroxyl groups is 11. The van der Waals surface area contributed by atoms with E-state index >= 15 is 0 Å². The van der Waals surface area contributed by atoms with Crippen LogP contribution in [0, 0.1) is 0 Å². The molecule has 0 aliphatic carbocycles. The van der Waals surface area contributed by atoms with E-state index in [4.69, 9.17) is 28.4 Å². The van der Waals surface area contributed by atoms with Crippen molar-refractivity contribution in [3.63, 3.8) is 0 Å². The van der Waals surface area contributed by atoms with Crippen molar-refractivity contribution in [2.45, 2.75) is 478 Å². The standard InChI is InChI=1S/C92H167NO18/c1-3-5-7-9-11-13-15-17-19-21-23-25-27-29-31-33-34-35-36-37-38-39-40-42-44-46-48-50-52-54-56-58-60-62-64-66-68-70-80(98)93-75(76(97)69-67-65-63-61-59-57-55-53-51-49-47-45-43-41-32-30-28-26-24-22-20-18-16-14-12-10-8-6-4-2)74-106-90-86(104)83(101)88(78(72-95)108-90)111-92-87(105)84(102)89(79(73-96)109-92)110-91-85(103)82(100)81(99)77(71-94)107-91/h5,7,11,13,17,19,23,25,29,31,34-35,75-79,81-92,94-97,99-105H,3-4,6,8-10,12,14-16,18,20-22,24,26-28,30,32-33,36-74H2,1-2H3,(H,93,98)/b7-5-,13-11-,19-17-,25-23-,31-29-,35-34-. The zero-order valence-corrected chi connectivity index (χ0v) is 69.9. The van der Waals surface area contributed by atoms with E-state index < -0.39 is 124 Å². The molecule has 0 radical (unpaired) electrons. The predicted octanol–water partition coefficient (Wildman–Crippen LogP) is 17.5. The number of allylic oxidation sites excluding steroid dienone is 12. The van der Waals surface area contributed by atoms with Crippen LogP contribution >= 0.6 is 0 Å². The second-order valence-corrected chi connectivity index (χ2v) is 32.4. The van der Waals surface area contributed by atoms with Gasteiger partial charge in [-0.15, -0.1) is 0 Å². The average molecular weight is 1580 g/mol. The van der Waals surface area contributed by atoms with E-state index in [2.05, 4.69) is 92.1 Å². The van der Waals surface area contributed by atoms with Crippen LogP contribution in [0.1, 0.15) is 373 Å². The molecule has 3 aliphatic rings. The number of unbranched alkanes of at least 4 members (excludes halogenated alkanes) is 46. The zero-order valence-electron chi connectivity index (χ0n) is 69.9. The predicted molar refractivity (Wildman–Crippen MR) is 448 cm³/mol. The van der Waals surface area contributed by atoms with E-state index in [1.165, 1.54) is 257 Å². The Labute approximate surface area is 674 Å². The lowest BCUT2D eigenvalue weighted by Gasteiger charge is -2.48. The number of nitrogens with one attached hydrogen (secondary N) is 1. The molecule has 1 amide bonds. The van der Waals surface area contributed by atoms with Gasteiger partial charge < -0.3 is 89.9 Å². The number of carbonyl (C=O) groups excluding carboxylic acids is 1. The van der Waals surface area contributed by atoms with Gasteiger partial charge in [0.25, 0.3) is 0 Å². The molecule has 19 heteroatoms. The topological polar surface area (TPSA) is 307 Å². The Hall–Kier alpha value is -2.77. The van der Waals surface area contributed by atoms with E-state index in [0.29, 0.717) is 12.8 Å². The molecule has 3 saturated heterocycles. The number of amides is 1. The van der Waals surface area contributed by atoms with Crippen LogP contribution < -0.4 is 5.32 Å². The molecule has 0 saturated carbocycles. The molecular formula is C92H167NO18. The summed E-state index contributed by atoms with van der Waals surface area (Å²) >= 11 is 0. The normalized spacial score (nSPS) is 25.4. The van der Waals surface area contributed by atoms with Crippen LogP contribution in [0.15, 0.2) is 72.9 Å². The quantitative estimate of drug-likeness (QED) is 0.0199. The molecular weight excluding hydrogens is 1410 g/mol. The first-order valence-electron chi connectivity index (χ1n) is 45.7. The molecule has 3 fully saturated rings. The Morgan fingerprint density at radius 3 is 0.973 bits per heavy atom. The Bertz CT molecular complexity index is 2280. The Balaban J connectivity index is 1.31. The highest BCUT2D eigenvalue weighted by Gasteiger charge is 2.54. The maximum Gasteiger partial charge on any atom is 0.220 e. The van der Waals surface area contributed by atoms with Crippen molar-refractivity contribution in [2.75, 3.05) is 26.4 Å². The SMILES string of the molecule is CC/C=C\C/C=C\C/C=C\C/C=C\C/C=C\C/C=C\CCCCCCCCCCCCCCCCCCCCC(=O)NC(COC1OC(CO)C(OC2OC(CO)C(OC3OC(CO)C(O)C(O)C3O)C(O)C2O)C(O)C1O)C(O)CCCCCCCCCCCCCCCCCCCCCCCCCCCCCCC. The van der Waals surface area contributed by atoms with Crippen molar-refractivity contribution in [1.29, 1.82) is 0 Å². The molecule has 0 spiro atoms. The summed E-state index contributed by atoms with van der Waals surface area (Å²) in [5, 5.41) is 121. The van der Waals surface area contributed by atoms with Gasteiger partial charge in [0, 0.05) is 6.42 Å². The van der Waals surface area contributed by atoms with Crippen molar-refractivity contribution >= 4 is 5.91 Å². The van der Waals surface area contributed by atoms with Crippen LogP contribution in [-0.2, 0) is 33.2 Å². The fraction of sp³-hybridized carbons (Fsp3) is 0.859. The maximum absolute atomic E-state index is 13.6. The molecule has 0 aromatic heterocycles. The van der Waals surface area contributed by atoms with Gasteiger partial charge in [-0.1, -0.05) is 376 Å². The number of rotatable bonds is 74. The highest BCUT2D eigenvalue weighted by Crippen LogP contribution is 2.34. The van der Waals surface area contributed by atoms with Gasteiger partial charge in [-0.25, -0.2) is 0 Å². The van der Waals surface area contributed by atoms with Crippen LogP contribution in [0.2, 0.25) is 0 Å². The summed E-state index contributed by atoms with van der Waals surface area (Å²) in [6.07, 6.45) is 68.6. The van der Waals surface area contributed by atoms with Crippen LogP contribution in [0.25, 0.3) is 0 Å². The minimum atomic E-state index is -1.97. The summed E-state index contributed by atoms with van der Waals surface area (Å²) in [7, 11) is 0. The number of carbonyl (C=O) groups is 1. The van der Waals surface area contributed by atoms with Crippen molar-refractivity contribution in [3.8, 4) is 0 Å². The third kappa shape index (κ3) is 49.9. The lowest BCUT2D eigenvalue weighted by molar-refractivity contribution is -0.379. The lowest BCUT2D eigenvalue weighted by atomic mass is 9.96. The smallest absolute Gasteiger partial charge is 0.220 e. The van der Waals surface area contributed by atoms with Gasteiger partial charge in [-0.05, 0) is 64.2 Å². The monoisotopic (exact) mass is 1570 g/mol. The fourth-order valence-electron chi connectivity index (χ4n) is 15.3. The van der Waals surface area contributed by atoms with Gasteiger partial charge in [0.2, 0.25) is 5.91 Å². The van der Waals surface area contributed by atoms with Gasteiger partial charge >= 0.3 is 0 Å². The summed E-state index contributed by atoms with van der Waals surface area (Å²) in [6.45, 7) is 1.75. The van der Waals surface area contributed by atoms with Gasteiger partial charge in [-0.2, -0.15) is 0 Å². The zero-order chi connectivity index (χ0) is 80.3. The van der Waals surface area contributed by atoms with Crippen molar-refractivity contribution in [2.24, 2.45) is 0 Å². The Morgan fingerprint density at radius 2 is 0.622 bits per heavy atom. The highest BCUT2D eigenvalue weighted by molar-refractivity contribution is 5.76. The number of aliphatic hydroxyl groups excluding tert-OH is 11. The third-order valence-electron chi connectivity index (χ3n) is 22.5. The second-order valence-electron chi connectivity index (χ2n) is 32.4. The highest BCUT2D eigenvalue weighted by atomic mass is 16.8. The van der Waals surface area contributed by atoms with Crippen LogP contribution in [0.5, 0.6) is 0 Å². The van der Waals surface area contributed by atoms with Crippen LogP contribution in [0.4, 0.5) is 0 Å². The molecule has 3 rings (SSSR count). The fourth-order valence-corrected chi connectivity index (χ4v) is 15.3. The minimum Gasteiger partial charge on any atom is -0.394 e. The average Bonchev–Trinajstić information content (AvgIpc) is 0.779. The molecule has 0 aromatic rings. The molecule has 3 aliphatic heterocycles. The maximum atomic E-state index is 13.6. The van der Waals surface area contributed by atoms with Gasteiger partial charge in [0.15, 0.2) is 18.9 Å². The molecule has 3 heterocycles. The van der Waals surface area contributed by atoms with Crippen molar-refractivity contribution in [1.82, 2.24) is 5.32 Å². The molecule has 648 valence electrons. The lowest BCUT2D eigenvalue weighted by Crippen LogP contribution is -2.66. The van der Waals surface area contributed by atoms with E-state index in [1.54, 1.807) is 0 Å². The van der Waals surface area contributed by atoms with E-state index in [0.717, 1.165) is 83.5 Å². The van der Waals surface area contributed by atoms with Gasteiger partial charge in [0.05, 0.1) is 38.6 Å². The molecule has 0 aromatic carbocycles. The van der Waals surface area contributed by atoms with E-state index in [-0.39, 0.29) is 18.9 Å². The molecule has 17 atom stereocenters. The van der Waals surface area contributed by atoms with Crippen LogP contribution in [0.3, 0.4) is 0 Å². The summed E-state index contributed by atoms with van der Waals surface area (Å²) in [5.74, 6) is -0.237. The largest absolute Gasteiger partial charge is 0.394 e. The van der Waals surface area contributed by atoms with Crippen molar-refractivity contribution < 1.29 is 89.4 Å². The van der Waals surface area contributed by atoms with E-state index in [9.17, 15) is 61.0 Å². The number of hydrogen-bond donors (Lipinski definition) is 12. The summed E-state index contributed by atoms with van der Waals surface area (Å²) in [5.41, 5.74) is 0. The first-order valence-corrected chi connectivity index (χ1v) is 45.7. The molecule has 0 bridgehead atoms. The number of ether oxygens (including phenoxy) is 6. The molecule has 17 unspecified atom stereocenters. The summed E-state index contributed by atoms with van der Waals surface area (Å²) in [6, 6.07) is -0.891. The number of hydrogen-bond acceptors (Lipinski definition) is 18. The summed E-state index contributed by atoms with van der Waals surface area (Å²) in [4.78, 5) is 13.6.